The normalized spacial score (nSPS) is 9.94. The first-order valence-electron chi connectivity index (χ1n) is 5.81. The number of ether oxygens (including phenoxy) is 1. The van der Waals surface area contributed by atoms with Gasteiger partial charge in [0, 0.05) is 0 Å². The van der Waals surface area contributed by atoms with Crippen LogP contribution in [0.15, 0.2) is 0 Å². The van der Waals surface area contributed by atoms with Crippen LogP contribution in [0.1, 0.15) is 62.1 Å². The van der Waals surface area contributed by atoms with Gasteiger partial charge in [-0.2, -0.15) is 0 Å². The second-order valence-electron chi connectivity index (χ2n) is 4.61. The van der Waals surface area contributed by atoms with Crippen molar-refractivity contribution in [1.29, 1.82) is 0 Å². The van der Waals surface area contributed by atoms with Crippen molar-refractivity contribution in [2.45, 2.75) is 64.9 Å². The van der Waals surface area contributed by atoms with Gasteiger partial charge in [-0.05, 0) is 26.7 Å². The van der Waals surface area contributed by atoms with Crippen molar-refractivity contribution in [3.05, 3.63) is 0 Å². The van der Waals surface area contributed by atoms with Crippen LogP contribution >= 0.6 is 0 Å². The van der Waals surface area contributed by atoms with Crippen molar-refractivity contribution in [3.8, 4) is 0 Å². The number of hydrogen-bond acceptors (Lipinski definition) is 3. The molecule has 0 fully saturated rings. The Hall–Kier alpha value is 1.17. The van der Waals surface area contributed by atoms with Gasteiger partial charge in [-0.1, -0.05) is 26.2 Å². The average molecular weight is 278 g/mol. The van der Waals surface area contributed by atoms with E-state index in [9.17, 15) is 9.59 Å². The van der Waals surface area contributed by atoms with Gasteiger partial charge in [0.15, 0.2) is 0 Å². The fourth-order valence-electron chi connectivity index (χ4n) is 1.50. The number of rotatable bonds is 8. The number of carboxylic acid groups (broad SMARTS) is 1. The molecule has 0 atom stereocenters. The molecule has 0 heterocycles. The van der Waals surface area contributed by atoms with Crippen molar-refractivity contribution in [2.75, 3.05) is 0 Å². The zero-order valence-corrected chi connectivity index (χ0v) is 15.5. The quantitative estimate of drug-likeness (QED) is 0.222. The molecule has 0 aromatic rings. The van der Waals surface area contributed by atoms with Gasteiger partial charge < -0.3 is 12.7 Å². The molecular weight excluding hydrogens is 254 g/mol. The molecule has 0 spiro atoms. The summed E-state index contributed by atoms with van der Waals surface area (Å²) in [6.07, 6.45) is 4.69. The molecular formula is C12H24KLiO4. The SMILES string of the molecule is CCCCCCC(C)(C)OC(=O)CC(=O)O.[H-].[H-].[K+].[Li+]. The first-order chi connectivity index (χ1) is 7.37. The summed E-state index contributed by atoms with van der Waals surface area (Å²) in [5.74, 6) is -1.81. The monoisotopic (exact) mass is 278 g/mol. The number of carbonyl (C=O) groups is 2. The summed E-state index contributed by atoms with van der Waals surface area (Å²) in [7, 11) is 0. The van der Waals surface area contributed by atoms with Crippen LogP contribution < -0.4 is 70.2 Å². The Balaban J connectivity index is -0.000000187. The molecule has 1 N–H and O–H groups in total. The van der Waals surface area contributed by atoms with Gasteiger partial charge in [0.25, 0.3) is 0 Å². The Morgan fingerprint density at radius 3 is 2.22 bits per heavy atom. The Labute approximate surface area is 167 Å². The molecule has 0 amide bonds. The Morgan fingerprint density at radius 2 is 1.78 bits per heavy atom. The molecule has 0 saturated heterocycles. The van der Waals surface area contributed by atoms with Gasteiger partial charge in [0.05, 0.1) is 0 Å². The molecule has 0 saturated carbocycles. The van der Waals surface area contributed by atoms with E-state index in [1.807, 2.05) is 13.8 Å². The van der Waals surface area contributed by atoms with E-state index < -0.39 is 24.0 Å². The fraction of sp³-hybridized carbons (Fsp3) is 0.833. The molecule has 4 nitrogen and oxygen atoms in total. The van der Waals surface area contributed by atoms with Crippen LogP contribution in [-0.4, -0.2) is 22.6 Å². The molecule has 0 unspecified atom stereocenters. The maximum atomic E-state index is 11.2. The minimum absolute atomic E-state index is 0. The Morgan fingerprint density at radius 1 is 1.22 bits per heavy atom. The third-order valence-corrected chi connectivity index (χ3v) is 2.32. The summed E-state index contributed by atoms with van der Waals surface area (Å²) >= 11 is 0. The smallest absolute Gasteiger partial charge is 1.00 e. The maximum Gasteiger partial charge on any atom is 1.00 e. The van der Waals surface area contributed by atoms with Crippen LogP contribution in [0.5, 0.6) is 0 Å². The first kappa shape index (κ1) is 24.2. The van der Waals surface area contributed by atoms with Crippen LogP contribution in [-0.2, 0) is 14.3 Å². The molecule has 0 aliphatic heterocycles. The van der Waals surface area contributed by atoms with Crippen molar-refractivity contribution < 1.29 is 92.5 Å². The average Bonchev–Trinajstić information content (AvgIpc) is 2.10. The molecule has 0 rings (SSSR count). The minimum atomic E-state index is -1.15. The maximum absolute atomic E-state index is 11.2. The number of carbonyl (C=O) groups excluding carboxylic acids is 1. The van der Waals surface area contributed by atoms with Gasteiger partial charge >= 0.3 is 82.2 Å². The molecule has 0 bridgehead atoms. The summed E-state index contributed by atoms with van der Waals surface area (Å²) in [6.45, 7) is 5.77. The minimum Gasteiger partial charge on any atom is -1.00 e. The van der Waals surface area contributed by atoms with Crippen LogP contribution in [0.2, 0.25) is 0 Å². The number of esters is 1. The summed E-state index contributed by atoms with van der Waals surface area (Å²) < 4.78 is 5.11. The van der Waals surface area contributed by atoms with E-state index in [0.29, 0.717) is 0 Å². The number of aliphatic carboxylic acids is 1. The third kappa shape index (κ3) is 15.2. The predicted octanol–water partition coefficient (Wildman–Crippen LogP) is -3.01. The molecule has 0 aliphatic rings. The number of carboxylic acids is 1. The third-order valence-electron chi connectivity index (χ3n) is 2.32. The van der Waals surface area contributed by atoms with Crippen molar-refractivity contribution in [1.82, 2.24) is 0 Å². The van der Waals surface area contributed by atoms with Gasteiger partial charge in [0.1, 0.15) is 12.0 Å². The largest absolute Gasteiger partial charge is 1.00 e. The summed E-state index contributed by atoms with van der Waals surface area (Å²) in [5.41, 5.74) is -0.555. The topological polar surface area (TPSA) is 63.6 Å². The molecule has 18 heavy (non-hydrogen) atoms. The summed E-state index contributed by atoms with van der Waals surface area (Å²) in [6, 6.07) is 0. The van der Waals surface area contributed by atoms with Crippen LogP contribution in [0.25, 0.3) is 0 Å². The van der Waals surface area contributed by atoms with E-state index in [1.54, 1.807) is 0 Å². The van der Waals surface area contributed by atoms with E-state index in [-0.39, 0.29) is 73.1 Å². The van der Waals surface area contributed by atoms with E-state index >= 15 is 0 Å². The zero-order valence-electron chi connectivity index (χ0n) is 14.4. The van der Waals surface area contributed by atoms with Crippen molar-refractivity contribution >= 4 is 11.9 Å². The van der Waals surface area contributed by atoms with Crippen molar-refractivity contribution in [3.63, 3.8) is 0 Å². The van der Waals surface area contributed by atoms with E-state index in [4.69, 9.17) is 9.84 Å². The number of unbranched alkanes of at least 4 members (excludes halogenated alkanes) is 3. The van der Waals surface area contributed by atoms with E-state index in [2.05, 4.69) is 6.92 Å². The predicted molar refractivity (Wildman–Crippen MR) is 63.4 cm³/mol. The Kier molecular flexibility index (Phi) is 17.7. The zero-order chi connectivity index (χ0) is 12.6. The molecule has 0 aromatic carbocycles. The van der Waals surface area contributed by atoms with Gasteiger partial charge in [-0.25, -0.2) is 0 Å². The van der Waals surface area contributed by atoms with Crippen LogP contribution in [0.4, 0.5) is 0 Å². The second-order valence-corrected chi connectivity index (χ2v) is 4.61. The Bertz CT molecular complexity index is 254. The number of hydrogen-bond donors (Lipinski definition) is 1. The summed E-state index contributed by atoms with van der Waals surface area (Å²) in [5, 5.41) is 8.43. The molecule has 6 heteroatoms. The standard InChI is InChI=1S/C12H22O4.K.Li.2H/c1-4-5-6-7-8-12(2,3)16-11(15)9-10(13)14;;;;/h4-9H2,1-3H3,(H,13,14);;;;/q;2*+1;2*-1. The van der Waals surface area contributed by atoms with Crippen molar-refractivity contribution in [2.24, 2.45) is 0 Å². The molecule has 0 aliphatic carbocycles. The van der Waals surface area contributed by atoms with Gasteiger partial charge in [-0.3, -0.25) is 9.59 Å². The second kappa shape index (κ2) is 13.2. The van der Waals surface area contributed by atoms with Crippen LogP contribution in [0.3, 0.4) is 0 Å². The van der Waals surface area contributed by atoms with E-state index in [1.165, 1.54) is 12.8 Å². The van der Waals surface area contributed by atoms with Gasteiger partial charge in [0.2, 0.25) is 0 Å². The summed E-state index contributed by atoms with van der Waals surface area (Å²) in [4.78, 5) is 21.4. The molecule has 0 radical (unpaired) electrons. The molecule has 98 valence electrons. The van der Waals surface area contributed by atoms with Crippen LogP contribution in [0, 0.1) is 0 Å². The molecule has 0 aromatic heterocycles. The van der Waals surface area contributed by atoms with E-state index in [0.717, 1.165) is 19.3 Å². The van der Waals surface area contributed by atoms with Gasteiger partial charge in [-0.15, -0.1) is 0 Å². The fourth-order valence-corrected chi connectivity index (χ4v) is 1.50. The first-order valence-corrected chi connectivity index (χ1v) is 5.81.